The second-order valence-corrected chi connectivity index (χ2v) is 7.18. The Balaban J connectivity index is 2.17. The van der Waals surface area contributed by atoms with E-state index in [0.29, 0.717) is 24.8 Å². The van der Waals surface area contributed by atoms with Gasteiger partial charge in [0, 0.05) is 17.8 Å². The van der Waals surface area contributed by atoms with Gasteiger partial charge in [0.15, 0.2) is 0 Å². The molecule has 0 fully saturated rings. The molecule has 0 saturated carbocycles. The van der Waals surface area contributed by atoms with Crippen LogP contribution in [0, 0.1) is 0 Å². The van der Waals surface area contributed by atoms with Gasteiger partial charge in [0.1, 0.15) is 10.7 Å². The first-order valence-electron chi connectivity index (χ1n) is 8.36. The number of hydrogen-bond acceptors (Lipinski definition) is 4. The van der Waals surface area contributed by atoms with Crippen molar-refractivity contribution >= 4 is 27.5 Å². The SMILES string of the molecule is CCCCCn1c(CC)nc2sc3c(c2c1=O)C(C(=O)O)CC3. The molecule has 1 aliphatic carbocycles. The Kier molecular flexibility index (Phi) is 4.53. The lowest BCUT2D eigenvalue weighted by molar-refractivity contribution is -0.138. The Hall–Kier alpha value is -1.69. The number of aryl methyl sites for hydroxylation is 2. The van der Waals surface area contributed by atoms with Gasteiger partial charge < -0.3 is 5.11 Å². The van der Waals surface area contributed by atoms with Crippen molar-refractivity contribution in [1.82, 2.24) is 9.55 Å². The van der Waals surface area contributed by atoms with E-state index in [-0.39, 0.29) is 5.56 Å². The van der Waals surface area contributed by atoms with Gasteiger partial charge in [-0.2, -0.15) is 0 Å². The minimum absolute atomic E-state index is 0.0476. The molecule has 0 aromatic carbocycles. The van der Waals surface area contributed by atoms with E-state index in [1.165, 1.54) is 11.3 Å². The van der Waals surface area contributed by atoms with Gasteiger partial charge in [0.05, 0.1) is 11.3 Å². The molecule has 1 N–H and O–H groups in total. The highest BCUT2D eigenvalue weighted by molar-refractivity contribution is 7.18. The van der Waals surface area contributed by atoms with Gasteiger partial charge in [-0.25, -0.2) is 4.98 Å². The lowest BCUT2D eigenvalue weighted by Crippen LogP contribution is -2.26. The van der Waals surface area contributed by atoms with Crippen LogP contribution in [0.2, 0.25) is 0 Å². The van der Waals surface area contributed by atoms with Crippen molar-refractivity contribution in [3.05, 3.63) is 26.6 Å². The molecule has 2 aromatic heterocycles. The molecular formula is C17H22N2O3S. The van der Waals surface area contributed by atoms with Crippen molar-refractivity contribution in [1.29, 1.82) is 0 Å². The average Bonchev–Trinajstić information content (AvgIpc) is 3.07. The maximum Gasteiger partial charge on any atom is 0.311 e. The van der Waals surface area contributed by atoms with Crippen LogP contribution in [0.15, 0.2) is 4.79 Å². The fraction of sp³-hybridized carbons (Fsp3) is 0.588. The van der Waals surface area contributed by atoms with Gasteiger partial charge in [-0.1, -0.05) is 26.7 Å². The van der Waals surface area contributed by atoms with Gasteiger partial charge in [-0.15, -0.1) is 11.3 Å². The lowest BCUT2D eigenvalue weighted by atomic mass is 10.0. The minimum Gasteiger partial charge on any atom is -0.481 e. The molecule has 0 amide bonds. The number of carboxylic acids is 1. The molecule has 2 aromatic rings. The molecular weight excluding hydrogens is 312 g/mol. The molecule has 1 unspecified atom stereocenters. The Morgan fingerprint density at radius 3 is 2.83 bits per heavy atom. The number of carboxylic acid groups (broad SMARTS) is 1. The van der Waals surface area contributed by atoms with Crippen LogP contribution in [0.25, 0.3) is 10.2 Å². The van der Waals surface area contributed by atoms with Crippen LogP contribution in [0.3, 0.4) is 0 Å². The Bertz CT molecular complexity index is 806. The molecule has 0 bridgehead atoms. The summed E-state index contributed by atoms with van der Waals surface area (Å²) in [5.41, 5.74) is 0.690. The largest absolute Gasteiger partial charge is 0.481 e. The first-order valence-corrected chi connectivity index (χ1v) is 9.17. The highest BCUT2D eigenvalue weighted by Crippen LogP contribution is 2.42. The van der Waals surface area contributed by atoms with Crippen LogP contribution >= 0.6 is 11.3 Å². The summed E-state index contributed by atoms with van der Waals surface area (Å²) in [6, 6.07) is 0. The fourth-order valence-electron chi connectivity index (χ4n) is 3.43. The number of unbranched alkanes of at least 4 members (excludes halogenated alkanes) is 2. The Labute approximate surface area is 139 Å². The van der Waals surface area contributed by atoms with Crippen LogP contribution in [0.5, 0.6) is 0 Å². The molecule has 23 heavy (non-hydrogen) atoms. The second kappa shape index (κ2) is 6.43. The van der Waals surface area contributed by atoms with Crippen molar-refractivity contribution < 1.29 is 9.90 Å². The van der Waals surface area contributed by atoms with Gasteiger partial charge >= 0.3 is 5.97 Å². The molecule has 0 saturated heterocycles. The zero-order valence-electron chi connectivity index (χ0n) is 13.6. The van der Waals surface area contributed by atoms with Gasteiger partial charge in [0.25, 0.3) is 5.56 Å². The van der Waals surface area contributed by atoms with Crippen molar-refractivity contribution in [2.24, 2.45) is 0 Å². The third-order valence-corrected chi connectivity index (χ3v) is 5.77. The first-order chi connectivity index (χ1) is 11.1. The zero-order chi connectivity index (χ0) is 16.6. The summed E-state index contributed by atoms with van der Waals surface area (Å²) in [5.74, 6) is -0.574. The molecule has 2 heterocycles. The number of aromatic nitrogens is 2. The van der Waals surface area contributed by atoms with E-state index in [1.807, 2.05) is 6.92 Å². The topological polar surface area (TPSA) is 72.2 Å². The van der Waals surface area contributed by atoms with E-state index in [1.54, 1.807) is 4.57 Å². The number of rotatable bonds is 6. The van der Waals surface area contributed by atoms with Crippen LogP contribution in [-0.4, -0.2) is 20.6 Å². The van der Waals surface area contributed by atoms with E-state index in [2.05, 4.69) is 11.9 Å². The van der Waals surface area contributed by atoms with Crippen molar-refractivity contribution in [3.63, 3.8) is 0 Å². The van der Waals surface area contributed by atoms with E-state index >= 15 is 0 Å². The standard InChI is InChI=1S/C17H22N2O3S/c1-3-5-6-9-19-12(4-2)18-15-14(16(19)20)13-10(17(21)22)7-8-11(13)23-15/h10H,3-9H2,1-2H3,(H,21,22). The summed E-state index contributed by atoms with van der Waals surface area (Å²) in [4.78, 5) is 31.0. The van der Waals surface area contributed by atoms with Gasteiger partial charge in [-0.3, -0.25) is 14.2 Å². The predicted molar refractivity (Wildman–Crippen MR) is 91.5 cm³/mol. The predicted octanol–water partition coefficient (Wildman–Crippen LogP) is 3.33. The molecule has 1 atom stereocenters. The van der Waals surface area contributed by atoms with E-state index in [9.17, 15) is 14.7 Å². The van der Waals surface area contributed by atoms with Crippen molar-refractivity contribution in [2.75, 3.05) is 0 Å². The Morgan fingerprint density at radius 1 is 1.39 bits per heavy atom. The third kappa shape index (κ3) is 2.69. The maximum atomic E-state index is 13.0. The number of fused-ring (bicyclic) bond motifs is 3. The minimum atomic E-state index is -0.833. The summed E-state index contributed by atoms with van der Waals surface area (Å²) < 4.78 is 1.77. The highest BCUT2D eigenvalue weighted by atomic mass is 32.1. The Morgan fingerprint density at radius 2 is 2.17 bits per heavy atom. The quantitative estimate of drug-likeness (QED) is 0.823. The molecule has 1 aliphatic rings. The average molecular weight is 334 g/mol. The van der Waals surface area contributed by atoms with Crippen molar-refractivity contribution in [2.45, 2.75) is 64.8 Å². The van der Waals surface area contributed by atoms with Gasteiger partial charge in [0.2, 0.25) is 0 Å². The summed E-state index contributed by atoms with van der Waals surface area (Å²) >= 11 is 1.50. The monoisotopic (exact) mass is 334 g/mol. The van der Waals surface area contributed by atoms with Crippen LogP contribution in [-0.2, 0) is 24.2 Å². The maximum absolute atomic E-state index is 13.0. The normalized spacial score (nSPS) is 16.9. The summed E-state index contributed by atoms with van der Waals surface area (Å²) in [6.07, 6.45) is 5.17. The molecule has 0 aliphatic heterocycles. The van der Waals surface area contributed by atoms with E-state index in [4.69, 9.17) is 0 Å². The summed E-state index contributed by atoms with van der Waals surface area (Å²) in [5, 5.41) is 10.0. The number of aliphatic carboxylic acids is 1. The van der Waals surface area contributed by atoms with E-state index in [0.717, 1.165) is 46.8 Å². The number of nitrogens with zero attached hydrogens (tertiary/aromatic N) is 2. The molecule has 124 valence electrons. The second-order valence-electron chi connectivity index (χ2n) is 6.09. The van der Waals surface area contributed by atoms with E-state index < -0.39 is 11.9 Å². The van der Waals surface area contributed by atoms with Crippen molar-refractivity contribution in [3.8, 4) is 0 Å². The summed E-state index contributed by atoms with van der Waals surface area (Å²) in [6.45, 7) is 4.81. The number of carbonyl (C=O) groups is 1. The summed E-state index contributed by atoms with van der Waals surface area (Å²) in [7, 11) is 0. The van der Waals surface area contributed by atoms with Crippen LogP contribution in [0.1, 0.15) is 61.7 Å². The lowest BCUT2D eigenvalue weighted by Gasteiger charge is -2.12. The zero-order valence-corrected chi connectivity index (χ0v) is 14.4. The molecule has 6 heteroatoms. The highest BCUT2D eigenvalue weighted by Gasteiger charge is 2.34. The molecule has 5 nitrogen and oxygen atoms in total. The smallest absolute Gasteiger partial charge is 0.311 e. The molecule has 0 spiro atoms. The first kappa shape index (κ1) is 16.2. The van der Waals surface area contributed by atoms with Crippen LogP contribution in [0.4, 0.5) is 0 Å². The number of thiophene rings is 1. The van der Waals surface area contributed by atoms with Crippen LogP contribution < -0.4 is 5.56 Å². The molecule has 3 rings (SSSR count). The third-order valence-electron chi connectivity index (χ3n) is 4.61. The van der Waals surface area contributed by atoms with Gasteiger partial charge in [-0.05, 0) is 24.8 Å². The fourth-order valence-corrected chi connectivity index (χ4v) is 4.69. The number of hydrogen-bond donors (Lipinski definition) is 1. The molecule has 0 radical (unpaired) electrons.